The molecule has 0 aliphatic heterocycles. The van der Waals surface area contributed by atoms with E-state index in [0.717, 1.165) is 25.0 Å². The summed E-state index contributed by atoms with van der Waals surface area (Å²) in [4.78, 5) is 24.1. The molecular formula is C18H14F3IN2O2. The monoisotopic (exact) mass is 474 g/mol. The molecule has 3 rings (SSSR count). The van der Waals surface area contributed by atoms with Crippen LogP contribution in [-0.4, -0.2) is 11.8 Å². The second-order valence-corrected chi connectivity index (χ2v) is 7.12. The number of nitrogens with one attached hydrogen (secondary N) is 2. The molecule has 2 aromatic carbocycles. The molecular weight excluding hydrogens is 460 g/mol. The van der Waals surface area contributed by atoms with E-state index < -0.39 is 17.6 Å². The highest BCUT2D eigenvalue weighted by molar-refractivity contribution is 14.1. The number of carbonyl (C=O) groups is 2. The van der Waals surface area contributed by atoms with E-state index in [2.05, 4.69) is 10.6 Å². The number of hydrogen-bond donors (Lipinski definition) is 2. The van der Waals surface area contributed by atoms with Gasteiger partial charge in [0, 0.05) is 15.2 Å². The first kappa shape index (κ1) is 18.7. The van der Waals surface area contributed by atoms with E-state index in [1.54, 1.807) is 18.2 Å². The lowest BCUT2D eigenvalue weighted by molar-refractivity contribution is -0.137. The molecule has 0 heterocycles. The van der Waals surface area contributed by atoms with Crippen LogP contribution in [0.15, 0.2) is 42.5 Å². The molecule has 2 aromatic rings. The molecule has 1 fully saturated rings. The van der Waals surface area contributed by atoms with Crippen LogP contribution in [0.1, 0.15) is 28.8 Å². The maximum Gasteiger partial charge on any atom is 0.418 e. The van der Waals surface area contributed by atoms with Gasteiger partial charge in [-0.15, -0.1) is 0 Å². The molecule has 0 bridgehead atoms. The SMILES string of the molecule is O=C(Nc1ccc(NC(=O)C2CC2)cc1C(F)(F)F)c1ccccc1I. The van der Waals surface area contributed by atoms with E-state index in [9.17, 15) is 22.8 Å². The van der Waals surface area contributed by atoms with Gasteiger partial charge in [-0.3, -0.25) is 9.59 Å². The molecule has 26 heavy (non-hydrogen) atoms. The molecule has 1 aliphatic rings. The molecule has 1 saturated carbocycles. The largest absolute Gasteiger partial charge is 0.418 e. The van der Waals surface area contributed by atoms with Crippen LogP contribution in [0.4, 0.5) is 24.5 Å². The lowest BCUT2D eigenvalue weighted by Gasteiger charge is -2.16. The van der Waals surface area contributed by atoms with Crippen molar-refractivity contribution in [3.63, 3.8) is 0 Å². The Hall–Kier alpha value is -2.10. The van der Waals surface area contributed by atoms with Crippen molar-refractivity contribution in [2.45, 2.75) is 19.0 Å². The fourth-order valence-electron chi connectivity index (χ4n) is 2.39. The van der Waals surface area contributed by atoms with Gasteiger partial charge in [-0.2, -0.15) is 13.2 Å². The summed E-state index contributed by atoms with van der Waals surface area (Å²) in [5.41, 5.74) is -1.02. The standard InChI is InChI=1S/C18H14F3IN2O2/c19-18(20,21)13-9-11(23-16(25)10-5-6-10)7-8-15(13)24-17(26)12-3-1-2-4-14(12)22/h1-4,7-10H,5-6H2,(H,23,25)(H,24,26). The number of amides is 2. The molecule has 0 aromatic heterocycles. The van der Waals surface area contributed by atoms with Crippen LogP contribution >= 0.6 is 22.6 Å². The first-order valence-electron chi connectivity index (χ1n) is 7.83. The van der Waals surface area contributed by atoms with Gasteiger partial charge in [-0.25, -0.2) is 0 Å². The van der Waals surface area contributed by atoms with Gasteiger partial charge in [-0.1, -0.05) is 12.1 Å². The molecule has 8 heteroatoms. The summed E-state index contributed by atoms with van der Waals surface area (Å²) in [6.45, 7) is 0. The van der Waals surface area contributed by atoms with Crippen LogP contribution in [0, 0.1) is 9.49 Å². The topological polar surface area (TPSA) is 58.2 Å². The molecule has 4 nitrogen and oxygen atoms in total. The molecule has 2 amide bonds. The van der Waals surface area contributed by atoms with Gasteiger partial charge in [0.25, 0.3) is 5.91 Å². The summed E-state index contributed by atoms with van der Waals surface area (Å²) in [6.07, 6.45) is -3.17. The van der Waals surface area contributed by atoms with Crippen molar-refractivity contribution in [2.75, 3.05) is 10.6 Å². The van der Waals surface area contributed by atoms with Gasteiger partial charge in [0.05, 0.1) is 16.8 Å². The minimum absolute atomic E-state index is 0.0570. The Balaban J connectivity index is 1.87. The third-order valence-electron chi connectivity index (χ3n) is 3.91. The zero-order valence-corrected chi connectivity index (χ0v) is 15.5. The number of carbonyl (C=O) groups excluding carboxylic acids is 2. The van der Waals surface area contributed by atoms with Gasteiger partial charge in [-0.05, 0) is 65.8 Å². The summed E-state index contributed by atoms with van der Waals surface area (Å²) in [6, 6.07) is 9.94. The molecule has 0 radical (unpaired) electrons. The molecule has 0 atom stereocenters. The lowest BCUT2D eigenvalue weighted by atomic mass is 10.1. The van der Waals surface area contributed by atoms with Crippen LogP contribution in [0.25, 0.3) is 0 Å². The number of rotatable bonds is 4. The Morgan fingerprint density at radius 1 is 1.04 bits per heavy atom. The van der Waals surface area contributed by atoms with Crippen LogP contribution in [0.2, 0.25) is 0 Å². The summed E-state index contributed by atoms with van der Waals surface area (Å²) in [5, 5.41) is 4.80. The summed E-state index contributed by atoms with van der Waals surface area (Å²) < 4.78 is 40.8. The van der Waals surface area contributed by atoms with E-state index in [1.807, 2.05) is 22.6 Å². The maximum absolute atomic E-state index is 13.4. The first-order chi connectivity index (χ1) is 12.3. The minimum Gasteiger partial charge on any atom is -0.326 e. The predicted molar refractivity (Wildman–Crippen MR) is 99.9 cm³/mol. The van der Waals surface area contributed by atoms with E-state index in [-0.39, 0.29) is 28.8 Å². The zero-order valence-electron chi connectivity index (χ0n) is 13.4. The Morgan fingerprint density at radius 2 is 1.73 bits per heavy atom. The second kappa shape index (κ2) is 7.26. The highest BCUT2D eigenvalue weighted by Crippen LogP contribution is 2.37. The van der Waals surface area contributed by atoms with Gasteiger partial charge in [0.1, 0.15) is 0 Å². The summed E-state index contributed by atoms with van der Waals surface area (Å²) in [5.74, 6) is -1.03. The molecule has 0 saturated heterocycles. The zero-order chi connectivity index (χ0) is 18.9. The number of benzene rings is 2. The van der Waals surface area contributed by atoms with Crippen molar-refractivity contribution in [3.05, 3.63) is 57.2 Å². The quantitative estimate of drug-likeness (QED) is 0.619. The van der Waals surface area contributed by atoms with E-state index in [4.69, 9.17) is 0 Å². The fraction of sp³-hybridized carbons (Fsp3) is 0.222. The van der Waals surface area contributed by atoms with Gasteiger partial charge in [0.2, 0.25) is 5.91 Å². The third kappa shape index (κ3) is 4.35. The van der Waals surface area contributed by atoms with Crippen molar-refractivity contribution < 1.29 is 22.8 Å². The Labute approximate surface area is 161 Å². The predicted octanol–water partition coefficient (Wildman–Crippen LogP) is 4.91. The summed E-state index contributed by atoms with van der Waals surface area (Å²) >= 11 is 1.94. The lowest BCUT2D eigenvalue weighted by Crippen LogP contribution is -2.19. The van der Waals surface area contributed by atoms with Crippen molar-refractivity contribution in [3.8, 4) is 0 Å². The fourth-order valence-corrected chi connectivity index (χ4v) is 3.02. The minimum atomic E-state index is -4.67. The summed E-state index contributed by atoms with van der Waals surface area (Å²) in [7, 11) is 0. The van der Waals surface area contributed by atoms with Gasteiger partial charge in [0.15, 0.2) is 0 Å². The molecule has 0 spiro atoms. The molecule has 0 unspecified atom stereocenters. The van der Waals surface area contributed by atoms with Crippen molar-refractivity contribution in [1.29, 1.82) is 0 Å². The normalized spacial score (nSPS) is 14.0. The van der Waals surface area contributed by atoms with E-state index in [1.165, 1.54) is 12.1 Å². The van der Waals surface area contributed by atoms with Crippen molar-refractivity contribution in [2.24, 2.45) is 5.92 Å². The average Bonchev–Trinajstić information content (AvgIpc) is 3.40. The number of anilines is 2. The van der Waals surface area contributed by atoms with E-state index in [0.29, 0.717) is 3.57 Å². The smallest absolute Gasteiger partial charge is 0.326 e. The Morgan fingerprint density at radius 3 is 2.35 bits per heavy atom. The first-order valence-corrected chi connectivity index (χ1v) is 8.91. The highest BCUT2D eigenvalue weighted by Gasteiger charge is 2.35. The maximum atomic E-state index is 13.4. The van der Waals surface area contributed by atoms with Crippen molar-refractivity contribution in [1.82, 2.24) is 0 Å². The van der Waals surface area contributed by atoms with Crippen LogP contribution in [0.3, 0.4) is 0 Å². The molecule has 136 valence electrons. The number of alkyl halides is 3. The molecule has 2 N–H and O–H groups in total. The number of halogens is 4. The third-order valence-corrected chi connectivity index (χ3v) is 4.85. The molecule has 1 aliphatic carbocycles. The van der Waals surface area contributed by atoms with Gasteiger partial charge >= 0.3 is 6.18 Å². The van der Waals surface area contributed by atoms with Crippen LogP contribution in [0.5, 0.6) is 0 Å². The Kier molecular flexibility index (Phi) is 5.22. The van der Waals surface area contributed by atoms with Gasteiger partial charge < -0.3 is 10.6 Å². The Bertz CT molecular complexity index is 864. The van der Waals surface area contributed by atoms with Crippen LogP contribution < -0.4 is 10.6 Å². The van der Waals surface area contributed by atoms with Crippen molar-refractivity contribution >= 4 is 45.8 Å². The number of hydrogen-bond acceptors (Lipinski definition) is 2. The van der Waals surface area contributed by atoms with E-state index >= 15 is 0 Å². The highest BCUT2D eigenvalue weighted by atomic mass is 127. The van der Waals surface area contributed by atoms with Crippen LogP contribution in [-0.2, 0) is 11.0 Å². The second-order valence-electron chi connectivity index (χ2n) is 5.96. The average molecular weight is 474 g/mol.